The van der Waals surface area contributed by atoms with Crippen LogP contribution in [0, 0.1) is 0 Å². The van der Waals surface area contributed by atoms with Gasteiger partial charge in [-0.15, -0.1) is 0 Å². The monoisotopic (exact) mass is 495 g/mol. The van der Waals surface area contributed by atoms with E-state index in [1.807, 2.05) is 56.6 Å². The molecule has 7 heteroatoms. The summed E-state index contributed by atoms with van der Waals surface area (Å²) in [6, 6.07) is 15.8. The van der Waals surface area contributed by atoms with Crippen LogP contribution in [0.15, 0.2) is 65.6 Å². The summed E-state index contributed by atoms with van der Waals surface area (Å²) >= 11 is 6.81. The number of anilines is 2. The van der Waals surface area contributed by atoms with Crippen molar-refractivity contribution in [3.63, 3.8) is 0 Å². The number of carbonyl (C=O) groups excluding carboxylic acids is 1. The van der Waals surface area contributed by atoms with Crippen molar-refractivity contribution in [2.24, 2.45) is 0 Å². The van der Waals surface area contributed by atoms with E-state index in [1.54, 1.807) is 4.90 Å². The zero-order valence-electron chi connectivity index (χ0n) is 20.4. The third kappa shape index (κ3) is 6.95. The summed E-state index contributed by atoms with van der Waals surface area (Å²) in [7, 11) is 4.03. The second-order valence-corrected chi connectivity index (χ2v) is 9.78. The first kappa shape index (κ1) is 26.0. The molecule has 34 heavy (non-hydrogen) atoms. The zero-order chi connectivity index (χ0) is 24.5. The Morgan fingerprint density at radius 1 is 1.03 bits per heavy atom. The van der Waals surface area contributed by atoms with Crippen molar-refractivity contribution in [1.82, 2.24) is 4.90 Å². The maximum atomic E-state index is 13.0. The number of hydrogen-bond donors (Lipinski definition) is 0. The molecule has 3 rings (SSSR count). The summed E-state index contributed by atoms with van der Waals surface area (Å²) in [4.78, 5) is 19.6. The van der Waals surface area contributed by atoms with Gasteiger partial charge >= 0.3 is 0 Å². The van der Waals surface area contributed by atoms with Gasteiger partial charge in [0.25, 0.3) is 5.91 Å². The molecule has 0 aliphatic carbocycles. The molecule has 1 heterocycles. The van der Waals surface area contributed by atoms with Crippen LogP contribution in [-0.2, 0) is 4.79 Å². The Labute approximate surface area is 213 Å². The van der Waals surface area contributed by atoms with E-state index in [0.717, 1.165) is 48.7 Å². The first-order chi connectivity index (χ1) is 16.4. The quantitative estimate of drug-likeness (QED) is 0.222. The molecule has 1 amide bonds. The number of thiocarbonyl (C=S) groups is 1. The standard InChI is InChI=1S/C27H33N3O2S2/c1-5-29(6-2)19-8-20-32-24-17-15-23(16-18-24)30-26(31)25(34-27(30)33)10-7-9-21-11-13-22(14-12-21)28(3)4/h7,9-18H,5-6,8,19-20H2,1-4H3/b9-7+,25-10-. The van der Waals surface area contributed by atoms with Gasteiger partial charge in [-0.3, -0.25) is 9.69 Å². The van der Waals surface area contributed by atoms with Gasteiger partial charge in [-0.1, -0.05) is 62.1 Å². The molecule has 0 bridgehead atoms. The minimum Gasteiger partial charge on any atom is -0.494 e. The summed E-state index contributed by atoms with van der Waals surface area (Å²) in [5, 5.41) is 0. The van der Waals surface area contributed by atoms with Gasteiger partial charge in [-0.05, 0) is 67.5 Å². The number of rotatable bonds is 11. The fourth-order valence-electron chi connectivity index (χ4n) is 3.54. The summed E-state index contributed by atoms with van der Waals surface area (Å²) in [5.74, 6) is 0.697. The van der Waals surface area contributed by atoms with E-state index < -0.39 is 0 Å². The first-order valence-corrected chi connectivity index (χ1v) is 12.8. The Balaban J connectivity index is 1.57. The lowest BCUT2D eigenvalue weighted by atomic mass is 10.2. The van der Waals surface area contributed by atoms with Crippen LogP contribution in [0.4, 0.5) is 11.4 Å². The van der Waals surface area contributed by atoms with Crippen molar-refractivity contribution in [1.29, 1.82) is 0 Å². The second-order valence-electron chi connectivity index (χ2n) is 8.11. The second kappa shape index (κ2) is 12.7. The topological polar surface area (TPSA) is 36.0 Å². The third-order valence-corrected chi connectivity index (χ3v) is 6.94. The van der Waals surface area contributed by atoms with Gasteiger partial charge in [0.15, 0.2) is 4.32 Å². The van der Waals surface area contributed by atoms with Gasteiger partial charge in [-0.25, -0.2) is 0 Å². The lowest BCUT2D eigenvalue weighted by Crippen LogP contribution is -2.27. The lowest BCUT2D eigenvalue weighted by molar-refractivity contribution is -0.113. The van der Waals surface area contributed by atoms with E-state index in [2.05, 4.69) is 47.9 Å². The number of amides is 1. The SMILES string of the molecule is CCN(CC)CCCOc1ccc(N2C(=O)/C(=C/C=C/c3ccc(N(C)C)cc3)SC2=S)cc1. The van der Waals surface area contributed by atoms with Gasteiger partial charge in [0.05, 0.1) is 17.2 Å². The summed E-state index contributed by atoms with van der Waals surface area (Å²) in [6.07, 6.45) is 6.69. The zero-order valence-corrected chi connectivity index (χ0v) is 22.0. The minimum atomic E-state index is -0.101. The van der Waals surface area contributed by atoms with Gasteiger partial charge in [0.2, 0.25) is 0 Å². The molecule has 180 valence electrons. The Bertz CT molecular complexity index is 1030. The molecule has 1 fully saturated rings. The lowest BCUT2D eigenvalue weighted by Gasteiger charge is -2.18. The summed E-state index contributed by atoms with van der Waals surface area (Å²) < 4.78 is 6.40. The van der Waals surface area contributed by atoms with Crippen LogP contribution in [0.5, 0.6) is 5.75 Å². The van der Waals surface area contributed by atoms with Crippen molar-refractivity contribution in [2.75, 3.05) is 50.1 Å². The Hall–Kier alpha value is -2.61. The normalized spacial score (nSPS) is 15.2. The molecule has 1 aliphatic heterocycles. The van der Waals surface area contributed by atoms with E-state index in [0.29, 0.717) is 15.8 Å². The van der Waals surface area contributed by atoms with Crippen molar-refractivity contribution >= 4 is 51.7 Å². The van der Waals surface area contributed by atoms with Crippen LogP contribution in [-0.4, -0.2) is 55.5 Å². The molecule has 0 unspecified atom stereocenters. The highest BCUT2D eigenvalue weighted by atomic mass is 32.2. The molecule has 1 aliphatic rings. The average molecular weight is 496 g/mol. The minimum absolute atomic E-state index is 0.101. The van der Waals surface area contributed by atoms with Gasteiger partial charge in [-0.2, -0.15) is 0 Å². The maximum Gasteiger partial charge on any atom is 0.270 e. The molecule has 5 nitrogen and oxygen atoms in total. The van der Waals surface area contributed by atoms with E-state index in [-0.39, 0.29) is 5.91 Å². The Morgan fingerprint density at radius 2 is 1.71 bits per heavy atom. The molecule has 0 spiro atoms. The van der Waals surface area contributed by atoms with E-state index in [4.69, 9.17) is 17.0 Å². The van der Waals surface area contributed by atoms with Crippen molar-refractivity contribution < 1.29 is 9.53 Å². The van der Waals surface area contributed by atoms with Crippen LogP contribution in [0.1, 0.15) is 25.8 Å². The number of benzene rings is 2. The molecule has 2 aromatic rings. The maximum absolute atomic E-state index is 13.0. The van der Waals surface area contributed by atoms with E-state index >= 15 is 0 Å². The summed E-state index contributed by atoms with van der Waals surface area (Å²) in [6.45, 7) is 8.17. The molecule has 0 aromatic heterocycles. The van der Waals surface area contributed by atoms with Gasteiger partial charge < -0.3 is 14.5 Å². The highest BCUT2D eigenvalue weighted by molar-refractivity contribution is 8.27. The Kier molecular flexibility index (Phi) is 9.74. The Morgan fingerprint density at radius 3 is 2.32 bits per heavy atom. The first-order valence-electron chi connectivity index (χ1n) is 11.6. The number of hydrogen-bond acceptors (Lipinski definition) is 6. The predicted molar refractivity (Wildman–Crippen MR) is 150 cm³/mol. The number of carbonyl (C=O) groups is 1. The van der Waals surface area contributed by atoms with Gasteiger partial charge in [0, 0.05) is 26.3 Å². The van der Waals surface area contributed by atoms with Gasteiger partial charge in [0.1, 0.15) is 5.75 Å². The largest absolute Gasteiger partial charge is 0.494 e. The molecular formula is C27H33N3O2S2. The molecule has 0 radical (unpaired) electrons. The van der Waals surface area contributed by atoms with Crippen LogP contribution in [0.2, 0.25) is 0 Å². The van der Waals surface area contributed by atoms with Crippen molar-refractivity contribution in [3.8, 4) is 5.75 Å². The number of thioether (sulfide) groups is 1. The molecule has 0 N–H and O–H groups in total. The highest BCUT2D eigenvalue weighted by Gasteiger charge is 2.32. The fourth-order valence-corrected chi connectivity index (χ4v) is 4.79. The average Bonchev–Trinajstić information content (AvgIpc) is 3.12. The molecular weight excluding hydrogens is 462 g/mol. The molecule has 0 atom stereocenters. The third-order valence-electron chi connectivity index (χ3n) is 5.62. The van der Waals surface area contributed by atoms with Crippen LogP contribution >= 0.6 is 24.0 Å². The molecule has 0 saturated carbocycles. The highest BCUT2D eigenvalue weighted by Crippen LogP contribution is 2.35. The number of ether oxygens (including phenoxy) is 1. The predicted octanol–water partition coefficient (Wildman–Crippen LogP) is 5.83. The van der Waals surface area contributed by atoms with Crippen LogP contribution < -0.4 is 14.5 Å². The van der Waals surface area contributed by atoms with E-state index in [1.165, 1.54) is 11.8 Å². The fraction of sp³-hybridized carbons (Fsp3) is 0.333. The number of allylic oxidation sites excluding steroid dienone is 2. The van der Waals surface area contributed by atoms with Crippen LogP contribution in [0.3, 0.4) is 0 Å². The molecule has 1 saturated heterocycles. The van der Waals surface area contributed by atoms with Crippen molar-refractivity contribution in [2.45, 2.75) is 20.3 Å². The smallest absolute Gasteiger partial charge is 0.270 e. The summed E-state index contributed by atoms with van der Waals surface area (Å²) in [5.41, 5.74) is 2.98. The van der Waals surface area contributed by atoms with E-state index in [9.17, 15) is 4.79 Å². The molecule has 2 aromatic carbocycles. The number of nitrogens with zero attached hydrogens (tertiary/aromatic N) is 3. The van der Waals surface area contributed by atoms with Crippen LogP contribution in [0.25, 0.3) is 6.08 Å². The van der Waals surface area contributed by atoms with Crippen molar-refractivity contribution in [3.05, 3.63) is 71.2 Å².